The standard InChI is InChI=1S/C15H14N4OS/c1-18-12-6-9(3-5-13(12)20-8-16)10-2-4-11-14(7-10)21-15(17)19-11/h2-7H,1,8,16H2,(H2,17,19). The Morgan fingerprint density at radius 3 is 2.71 bits per heavy atom. The van der Waals surface area contributed by atoms with Crippen LogP contribution < -0.4 is 16.2 Å². The minimum atomic E-state index is 0.105. The highest BCUT2D eigenvalue weighted by atomic mass is 32.1. The summed E-state index contributed by atoms with van der Waals surface area (Å²) in [7, 11) is 0. The SMILES string of the molecule is C=Nc1cc(-c2ccc3nc(N)sc3c2)ccc1OCN. The average molecular weight is 298 g/mol. The van der Waals surface area contributed by atoms with Crippen LogP contribution in [0.25, 0.3) is 21.3 Å². The van der Waals surface area contributed by atoms with E-state index in [0.717, 1.165) is 21.3 Å². The summed E-state index contributed by atoms with van der Waals surface area (Å²) in [5.41, 5.74) is 14.8. The van der Waals surface area contributed by atoms with Crippen molar-refractivity contribution in [3.8, 4) is 16.9 Å². The summed E-state index contributed by atoms with van der Waals surface area (Å²) in [5, 5.41) is 0.572. The monoisotopic (exact) mass is 298 g/mol. The van der Waals surface area contributed by atoms with Gasteiger partial charge in [0.2, 0.25) is 0 Å². The van der Waals surface area contributed by atoms with E-state index >= 15 is 0 Å². The molecule has 0 saturated carbocycles. The minimum Gasteiger partial charge on any atom is -0.476 e. The number of hydrogen-bond donors (Lipinski definition) is 2. The van der Waals surface area contributed by atoms with Gasteiger partial charge in [0, 0.05) is 0 Å². The Bertz CT molecular complexity index is 813. The lowest BCUT2D eigenvalue weighted by Gasteiger charge is -2.09. The van der Waals surface area contributed by atoms with Crippen molar-refractivity contribution in [3.63, 3.8) is 0 Å². The van der Waals surface area contributed by atoms with Gasteiger partial charge in [0.15, 0.2) is 5.13 Å². The second-order valence-corrected chi connectivity index (χ2v) is 5.45. The number of nitrogen functional groups attached to an aromatic ring is 1. The van der Waals surface area contributed by atoms with Crippen molar-refractivity contribution < 1.29 is 4.74 Å². The van der Waals surface area contributed by atoms with E-state index in [1.165, 1.54) is 11.3 Å². The third-order valence-electron chi connectivity index (χ3n) is 3.11. The highest BCUT2D eigenvalue weighted by Gasteiger charge is 2.07. The number of nitrogens with zero attached hydrogens (tertiary/aromatic N) is 2. The molecule has 4 N–H and O–H groups in total. The summed E-state index contributed by atoms with van der Waals surface area (Å²) in [6.07, 6.45) is 0. The second kappa shape index (κ2) is 5.51. The van der Waals surface area contributed by atoms with E-state index in [9.17, 15) is 0 Å². The van der Waals surface area contributed by atoms with E-state index in [1.807, 2.05) is 30.3 Å². The van der Waals surface area contributed by atoms with Gasteiger partial charge in [-0.1, -0.05) is 23.5 Å². The summed E-state index contributed by atoms with van der Waals surface area (Å²) in [4.78, 5) is 8.24. The van der Waals surface area contributed by atoms with Gasteiger partial charge in [0.25, 0.3) is 0 Å². The molecular formula is C15H14N4OS. The highest BCUT2D eigenvalue weighted by Crippen LogP contribution is 2.34. The van der Waals surface area contributed by atoms with Crippen molar-refractivity contribution in [2.75, 3.05) is 12.5 Å². The largest absolute Gasteiger partial charge is 0.476 e. The molecule has 3 rings (SSSR count). The zero-order valence-corrected chi connectivity index (χ0v) is 12.1. The number of aliphatic imine (C=N–C) groups is 1. The molecule has 0 aliphatic heterocycles. The van der Waals surface area contributed by atoms with E-state index in [-0.39, 0.29) is 6.73 Å². The smallest absolute Gasteiger partial charge is 0.181 e. The van der Waals surface area contributed by atoms with E-state index < -0.39 is 0 Å². The maximum Gasteiger partial charge on any atom is 0.181 e. The van der Waals surface area contributed by atoms with Crippen LogP contribution in [0.4, 0.5) is 10.8 Å². The Balaban J connectivity index is 2.06. The molecule has 0 aliphatic rings. The molecule has 21 heavy (non-hydrogen) atoms. The minimum absolute atomic E-state index is 0.105. The molecule has 1 heterocycles. The quantitative estimate of drug-likeness (QED) is 0.572. The van der Waals surface area contributed by atoms with Crippen LogP contribution in [-0.4, -0.2) is 18.4 Å². The van der Waals surface area contributed by atoms with E-state index in [1.54, 1.807) is 0 Å². The normalized spacial score (nSPS) is 10.7. The zero-order chi connectivity index (χ0) is 14.8. The van der Waals surface area contributed by atoms with Crippen molar-refractivity contribution >= 4 is 39.1 Å². The Morgan fingerprint density at radius 1 is 1.19 bits per heavy atom. The predicted molar refractivity (Wildman–Crippen MR) is 88.4 cm³/mol. The maximum atomic E-state index is 5.73. The molecule has 6 heteroatoms. The number of fused-ring (bicyclic) bond motifs is 1. The van der Waals surface area contributed by atoms with Crippen molar-refractivity contribution in [1.82, 2.24) is 4.98 Å². The number of thiazole rings is 1. The molecule has 0 atom stereocenters. The molecule has 0 saturated heterocycles. The van der Waals surface area contributed by atoms with Gasteiger partial charge < -0.3 is 10.5 Å². The van der Waals surface area contributed by atoms with Gasteiger partial charge in [-0.25, -0.2) is 4.98 Å². The number of nitrogens with two attached hydrogens (primary N) is 2. The van der Waals surface area contributed by atoms with Gasteiger partial charge in [0.05, 0.1) is 10.2 Å². The maximum absolute atomic E-state index is 5.73. The fourth-order valence-corrected chi connectivity index (χ4v) is 2.93. The van der Waals surface area contributed by atoms with Crippen LogP contribution in [0.3, 0.4) is 0 Å². The molecule has 5 nitrogen and oxygen atoms in total. The second-order valence-electron chi connectivity index (χ2n) is 4.39. The van der Waals surface area contributed by atoms with Crippen molar-refractivity contribution in [3.05, 3.63) is 36.4 Å². The van der Waals surface area contributed by atoms with Crippen LogP contribution in [-0.2, 0) is 0 Å². The number of hydrogen-bond acceptors (Lipinski definition) is 6. The first-order valence-electron chi connectivity index (χ1n) is 6.31. The Morgan fingerprint density at radius 2 is 1.95 bits per heavy atom. The Labute approximate surface area is 125 Å². The first-order chi connectivity index (χ1) is 10.2. The lowest BCUT2D eigenvalue weighted by molar-refractivity contribution is 0.331. The van der Waals surface area contributed by atoms with Crippen LogP contribution in [0.2, 0.25) is 0 Å². The third-order valence-corrected chi connectivity index (χ3v) is 3.95. The summed E-state index contributed by atoms with van der Waals surface area (Å²) >= 11 is 1.47. The molecule has 3 aromatic rings. The lowest BCUT2D eigenvalue weighted by atomic mass is 10.0. The van der Waals surface area contributed by atoms with Crippen molar-refractivity contribution in [2.45, 2.75) is 0 Å². The summed E-state index contributed by atoms with van der Waals surface area (Å²) in [6.45, 7) is 3.67. The highest BCUT2D eigenvalue weighted by molar-refractivity contribution is 7.22. The van der Waals surface area contributed by atoms with Gasteiger partial charge in [-0.15, -0.1) is 0 Å². The molecular weight excluding hydrogens is 284 g/mol. The first-order valence-corrected chi connectivity index (χ1v) is 7.13. The summed E-state index contributed by atoms with van der Waals surface area (Å²) < 4.78 is 6.37. The fourth-order valence-electron chi connectivity index (χ4n) is 2.15. The molecule has 0 amide bonds. The van der Waals surface area contributed by atoms with Crippen molar-refractivity contribution in [2.24, 2.45) is 10.7 Å². The van der Waals surface area contributed by atoms with Gasteiger partial charge in [0.1, 0.15) is 18.2 Å². The van der Waals surface area contributed by atoms with Crippen LogP contribution in [0.5, 0.6) is 5.75 Å². The number of rotatable bonds is 4. The fraction of sp³-hybridized carbons (Fsp3) is 0.0667. The summed E-state index contributed by atoms with van der Waals surface area (Å²) in [5.74, 6) is 0.624. The van der Waals surface area contributed by atoms with Crippen molar-refractivity contribution in [1.29, 1.82) is 0 Å². The van der Waals surface area contributed by atoms with Gasteiger partial charge in [-0.05, 0) is 42.1 Å². The Hall–Kier alpha value is -2.44. The molecule has 0 fully saturated rings. The molecule has 1 aromatic heterocycles. The average Bonchev–Trinajstić information content (AvgIpc) is 2.87. The van der Waals surface area contributed by atoms with Crippen LogP contribution >= 0.6 is 11.3 Å². The van der Waals surface area contributed by atoms with Gasteiger partial charge in [-0.3, -0.25) is 10.7 Å². The van der Waals surface area contributed by atoms with E-state index in [2.05, 4.69) is 22.8 Å². The zero-order valence-electron chi connectivity index (χ0n) is 11.2. The Kier molecular flexibility index (Phi) is 3.55. The number of benzene rings is 2. The van der Waals surface area contributed by atoms with Gasteiger partial charge in [-0.2, -0.15) is 0 Å². The van der Waals surface area contributed by atoms with Gasteiger partial charge >= 0.3 is 0 Å². The number of aromatic nitrogens is 1. The van der Waals surface area contributed by atoms with E-state index in [4.69, 9.17) is 16.2 Å². The van der Waals surface area contributed by atoms with Crippen LogP contribution in [0.15, 0.2) is 41.4 Å². The lowest BCUT2D eigenvalue weighted by Crippen LogP contribution is -2.07. The number of anilines is 1. The molecule has 0 spiro atoms. The molecule has 0 aliphatic carbocycles. The molecule has 0 bridgehead atoms. The molecule has 0 unspecified atom stereocenters. The summed E-state index contributed by atoms with van der Waals surface area (Å²) in [6, 6.07) is 11.8. The first kappa shape index (κ1) is 13.5. The molecule has 0 radical (unpaired) electrons. The van der Waals surface area contributed by atoms with Crippen LogP contribution in [0, 0.1) is 0 Å². The molecule has 2 aromatic carbocycles. The third kappa shape index (κ3) is 2.58. The molecule has 106 valence electrons. The topological polar surface area (TPSA) is 86.5 Å². The van der Waals surface area contributed by atoms with E-state index in [0.29, 0.717) is 16.6 Å². The predicted octanol–water partition coefficient (Wildman–Crippen LogP) is 3.17. The number of ether oxygens (including phenoxy) is 1. The van der Waals surface area contributed by atoms with Crippen LogP contribution in [0.1, 0.15) is 0 Å².